The van der Waals surface area contributed by atoms with Crippen LogP contribution in [0, 0.1) is 0 Å². The number of phenols is 2. The van der Waals surface area contributed by atoms with Gasteiger partial charge in [0.1, 0.15) is 0 Å². The van der Waals surface area contributed by atoms with E-state index in [9.17, 15) is 19.8 Å². The third kappa shape index (κ3) is 8.60. The van der Waals surface area contributed by atoms with E-state index in [1.807, 2.05) is 20.8 Å². The van der Waals surface area contributed by atoms with Gasteiger partial charge in [-0.15, -0.1) is 0 Å². The number of rotatable bonds is 8. The number of hydrogen-bond acceptors (Lipinski definition) is 5. The summed E-state index contributed by atoms with van der Waals surface area (Å²) in [6.45, 7) is 5.66. The Labute approximate surface area is 147 Å². The normalized spacial score (nSPS) is 10.9. The van der Waals surface area contributed by atoms with E-state index >= 15 is 0 Å². The zero-order chi connectivity index (χ0) is 18.8. The largest absolute Gasteiger partial charge is 0.504 e. The molecule has 0 aliphatic heterocycles. The molecule has 0 heterocycles. The Morgan fingerprint density at radius 3 is 2.52 bits per heavy atom. The summed E-state index contributed by atoms with van der Waals surface area (Å²) < 4.78 is 4.90. The second kappa shape index (κ2) is 10.2. The van der Waals surface area contributed by atoms with Gasteiger partial charge in [-0.2, -0.15) is 0 Å². The molecule has 6 heteroatoms. The van der Waals surface area contributed by atoms with Crippen molar-refractivity contribution in [3.8, 4) is 11.5 Å². The molecule has 0 saturated carbocycles. The smallest absolute Gasteiger partial charge is 0.331 e. The lowest BCUT2D eigenvalue weighted by Gasteiger charge is -2.07. The van der Waals surface area contributed by atoms with Gasteiger partial charge in [-0.25, -0.2) is 4.79 Å². The molecule has 0 unspecified atom stereocenters. The summed E-state index contributed by atoms with van der Waals surface area (Å²) in [7, 11) is 0. The summed E-state index contributed by atoms with van der Waals surface area (Å²) in [5, 5.41) is 21.2. The van der Waals surface area contributed by atoms with E-state index in [1.165, 1.54) is 23.8 Å². The van der Waals surface area contributed by atoms with Crippen LogP contribution in [0.3, 0.4) is 0 Å². The lowest BCUT2D eigenvalue weighted by Crippen LogP contribution is -2.28. The van der Waals surface area contributed by atoms with Crippen molar-refractivity contribution in [1.29, 1.82) is 0 Å². The van der Waals surface area contributed by atoms with Gasteiger partial charge in [-0.1, -0.05) is 23.3 Å². The Hall–Kier alpha value is -2.76. The number of esters is 1. The van der Waals surface area contributed by atoms with E-state index in [4.69, 9.17) is 4.74 Å². The number of aromatic hydroxyl groups is 2. The summed E-state index contributed by atoms with van der Waals surface area (Å²) >= 11 is 0. The fourth-order valence-electron chi connectivity index (χ4n) is 1.97. The molecule has 25 heavy (non-hydrogen) atoms. The van der Waals surface area contributed by atoms with Crippen molar-refractivity contribution < 1.29 is 24.5 Å². The van der Waals surface area contributed by atoms with Crippen LogP contribution < -0.4 is 5.32 Å². The summed E-state index contributed by atoms with van der Waals surface area (Å²) in [5.41, 5.74) is 2.74. The van der Waals surface area contributed by atoms with Crippen LogP contribution in [0.15, 0.2) is 41.5 Å². The molecule has 0 atom stereocenters. The molecule has 6 nitrogen and oxygen atoms in total. The van der Waals surface area contributed by atoms with Gasteiger partial charge in [-0.05, 0) is 51.3 Å². The fourth-order valence-corrected chi connectivity index (χ4v) is 1.97. The topological polar surface area (TPSA) is 95.9 Å². The first kappa shape index (κ1) is 20.3. The molecule has 0 radical (unpaired) electrons. The third-order valence-electron chi connectivity index (χ3n) is 3.33. The summed E-state index contributed by atoms with van der Waals surface area (Å²) in [4.78, 5) is 23.3. The zero-order valence-corrected chi connectivity index (χ0v) is 14.8. The van der Waals surface area contributed by atoms with Crippen LogP contribution in [-0.4, -0.2) is 28.7 Å². The number of hydrogen-bond donors (Lipinski definition) is 3. The van der Waals surface area contributed by atoms with Crippen molar-refractivity contribution >= 4 is 11.9 Å². The Bertz CT molecular complexity index is 672. The van der Waals surface area contributed by atoms with Gasteiger partial charge in [0.2, 0.25) is 0 Å². The van der Waals surface area contributed by atoms with Crippen molar-refractivity contribution in [2.45, 2.75) is 40.2 Å². The quantitative estimate of drug-likeness (QED) is 0.291. The second-order valence-corrected chi connectivity index (χ2v) is 6.02. The van der Waals surface area contributed by atoms with Crippen LogP contribution in [0.2, 0.25) is 0 Å². The second-order valence-electron chi connectivity index (χ2n) is 6.02. The lowest BCUT2D eigenvalue weighted by atomic mass is 10.1. The van der Waals surface area contributed by atoms with E-state index in [2.05, 4.69) is 11.4 Å². The van der Waals surface area contributed by atoms with E-state index in [1.54, 1.807) is 6.07 Å². The van der Waals surface area contributed by atoms with Crippen molar-refractivity contribution in [2.24, 2.45) is 0 Å². The van der Waals surface area contributed by atoms with Crippen LogP contribution in [-0.2, 0) is 20.9 Å². The van der Waals surface area contributed by atoms with E-state index in [-0.39, 0.29) is 24.7 Å². The molecule has 0 spiro atoms. The Kier molecular flexibility index (Phi) is 8.26. The number of benzene rings is 1. The van der Waals surface area contributed by atoms with Crippen molar-refractivity contribution in [2.75, 3.05) is 6.61 Å². The lowest BCUT2D eigenvalue weighted by molar-refractivity contribution is -0.143. The number of amides is 1. The van der Waals surface area contributed by atoms with Crippen LogP contribution in [0.5, 0.6) is 11.5 Å². The molecule has 1 rings (SSSR count). The van der Waals surface area contributed by atoms with Crippen molar-refractivity contribution in [3.63, 3.8) is 0 Å². The number of carbonyl (C=O) groups excluding carboxylic acids is 2. The molecule has 0 bridgehead atoms. The van der Waals surface area contributed by atoms with Crippen molar-refractivity contribution in [1.82, 2.24) is 5.32 Å². The van der Waals surface area contributed by atoms with Gasteiger partial charge < -0.3 is 20.3 Å². The van der Waals surface area contributed by atoms with E-state index in [0.717, 1.165) is 18.4 Å². The SMILES string of the molecule is CC(C)=CCC/C(C)=C/C(=O)OCC(=O)NCc1ccc(O)c(O)c1. The average Bonchev–Trinajstić information content (AvgIpc) is 2.53. The number of allylic oxidation sites excluding steroid dienone is 3. The highest BCUT2D eigenvalue weighted by atomic mass is 16.5. The molecule has 0 aliphatic rings. The molecule has 0 saturated heterocycles. The minimum absolute atomic E-state index is 0.155. The number of ether oxygens (including phenoxy) is 1. The Morgan fingerprint density at radius 1 is 1.16 bits per heavy atom. The summed E-state index contributed by atoms with van der Waals surface area (Å²) in [6.07, 6.45) is 5.11. The van der Waals surface area contributed by atoms with Crippen LogP contribution in [0.25, 0.3) is 0 Å². The highest BCUT2D eigenvalue weighted by Gasteiger charge is 2.07. The number of phenolic OH excluding ortho intramolecular Hbond substituents is 2. The zero-order valence-electron chi connectivity index (χ0n) is 14.8. The molecule has 136 valence electrons. The third-order valence-corrected chi connectivity index (χ3v) is 3.33. The molecule has 0 aliphatic carbocycles. The van der Waals surface area contributed by atoms with Gasteiger partial charge in [0.25, 0.3) is 5.91 Å². The first-order chi connectivity index (χ1) is 11.8. The molecule has 1 aromatic rings. The molecular weight excluding hydrogens is 322 g/mol. The maximum Gasteiger partial charge on any atom is 0.331 e. The predicted octanol–water partition coefficient (Wildman–Crippen LogP) is 2.95. The molecule has 1 amide bonds. The van der Waals surface area contributed by atoms with Gasteiger partial charge in [-0.3, -0.25) is 4.79 Å². The molecule has 1 aromatic carbocycles. The fraction of sp³-hybridized carbons (Fsp3) is 0.368. The maximum atomic E-state index is 11.7. The Morgan fingerprint density at radius 2 is 1.88 bits per heavy atom. The molecule has 3 N–H and O–H groups in total. The first-order valence-corrected chi connectivity index (χ1v) is 8.02. The predicted molar refractivity (Wildman–Crippen MR) is 95.0 cm³/mol. The molecular formula is C19H25NO5. The Balaban J connectivity index is 2.34. The molecule has 0 aromatic heterocycles. The summed E-state index contributed by atoms with van der Waals surface area (Å²) in [6, 6.07) is 4.25. The first-order valence-electron chi connectivity index (χ1n) is 8.02. The van der Waals surface area contributed by atoms with Crippen LogP contribution >= 0.6 is 0 Å². The van der Waals surface area contributed by atoms with Gasteiger partial charge in [0.05, 0.1) is 0 Å². The minimum atomic E-state index is -0.549. The maximum absolute atomic E-state index is 11.7. The van der Waals surface area contributed by atoms with Gasteiger partial charge >= 0.3 is 5.97 Å². The highest BCUT2D eigenvalue weighted by molar-refractivity contribution is 5.86. The van der Waals surface area contributed by atoms with Crippen LogP contribution in [0.1, 0.15) is 39.2 Å². The average molecular weight is 347 g/mol. The number of nitrogens with one attached hydrogen (secondary N) is 1. The number of carbonyl (C=O) groups is 2. The summed E-state index contributed by atoms with van der Waals surface area (Å²) in [5.74, 6) is -1.48. The highest BCUT2D eigenvalue weighted by Crippen LogP contribution is 2.24. The van der Waals surface area contributed by atoms with Gasteiger partial charge in [0.15, 0.2) is 18.1 Å². The van der Waals surface area contributed by atoms with Gasteiger partial charge in [0, 0.05) is 12.6 Å². The molecule has 0 fully saturated rings. The van der Waals surface area contributed by atoms with Crippen LogP contribution in [0.4, 0.5) is 0 Å². The standard InChI is InChI=1S/C19H25NO5/c1-13(2)5-4-6-14(3)9-19(24)25-12-18(23)20-11-15-7-8-16(21)17(22)10-15/h5,7-10,21-22H,4,6,11-12H2,1-3H3,(H,20,23)/b14-9+. The minimum Gasteiger partial charge on any atom is -0.504 e. The van der Waals surface area contributed by atoms with Crippen molar-refractivity contribution in [3.05, 3.63) is 47.1 Å². The monoisotopic (exact) mass is 347 g/mol. The van der Waals surface area contributed by atoms with E-state index < -0.39 is 11.9 Å². The van der Waals surface area contributed by atoms with E-state index in [0.29, 0.717) is 5.56 Å².